The van der Waals surface area contributed by atoms with Crippen LogP contribution in [-0.2, 0) is 45.3 Å². The zero-order valence-electron chi connectivity index (χ0n) is 15.9. The third-order valence-corrected chi connectivity index (χ3v) is 6.41. The minimum absolute atomic E-state index is 0.0118. The number of carbonyl (C=O) groups excluding carboxylic acids is 3. The van der Waals surface area contributed by atoms with Crippen LogP contribution >= 0.6 is 0 Å². The lowest BCUT2D eigenvalue weighted by molar-refractivity contribution is -0.129. The third kappa shape index (κ3) is 4.89. The van der Waals surface area contributed by atoms with Gasteiger partial charge in [0.2, 0.25) is 21.8 Å². The van der Waals surface area contributed by atoms with Gasteiger partial charge in [-0.3, -0.25) is 14.9 Å². The second kappa shape index (κ2) is 8.30. The molecule has 0 atom stereocenters. The van der Waals surface area contributed by atoms with E-state index in [9.17, 15) is 22.8 Å². The van der Waals surface area contributed by atoms with Crippen molar-refractivity contribution in [1.29, 1.82) is 0 Å². The molecule has 1 aromatic carbocycles. The first-order valence-electron chi connectivity index (χ1n) is 9.53. The second-order valence-corrected chi connectivity index (χ2v) is 9.16. The van der Waals surface area contributed by atoms with Crippen LogP contribution in [0.1, 0.15) is 54.9 Å². The number of carbonyl (C=O) groups is 3. The number of hydrogen-bond donors (Lipinski definition) is 3. The Kier molecular flexibility index (Phi) is 6.02. The van der Waals surface area contributed by atoms with Gasteiger partial charge in [0.15, 0.2) is 0 Å². The maximum absolute atomic E-state index is 12.3. The minimum atomic E-state index is -3.88. The molecule has 0 spiro atoms. The van der Waals surface area contributed by atoms with Gasteiger partial charge >= 0.3 is 6.03 Å². The lowest BCUT2D eigenvalue weighted by Gasteiger charge is -2.16. The first kappa shape index (κ1) is 20.3. The zero-order chi connectivity index (χ0) is 20.3. The molecule has 1 aromatic rings. The Bertz CT molecular complexity index is 892. The van der Waals surface area contributed by atoms with Gasteiger partial charge in [0, 0.05) is 19.0 Å². The SMILES string of the molecule is CC(=O)NC(=O)CCCS(=O)(=O)NC(=O)Nc1c2c(cc3c1CCC3)CCC2. The number of urea groups is 1. The van der Waals surface area contributed by atoms with Crippen LogP contribution in [0, 0.1) is 0 Å². The van der Waals surface area contributed by atoms with Crippen LogP contribution in [-0.4, -0.2) is 32.0 Å². The van der Waals surface area contributed by atoms with Crippen molar-refractivity contribution >= 4 is 33.6 Å². The molecule has 0 aromatic heterocycles. The van der Waals surface area contributed by atoms with Gasteiger partial charge in [0.05, 0.1) is 5.75 Å². The van der Waals surface area contributed by atoms with E-state index in [-0.39, 0.29) is 18.6 Å². The number of hydrogen-bond acceptors (Lipinski definition) is 5. The summed E-state index contributed by atoms with van der Waals surface area (Å²) in [6, 6.07) is 1.46. The van der Waals surface area contributed by atoms with Crippen molar-refractivity contribution in [1.82, 2.24) is 10.0 Å². The maximum atomic E-state index is 12.3. The van der Waals surface area contributed by atoms with Crippen LogP contribution in [0.3, 0.4) is 0 Å². The molecule has 0 saturated heterocycles. The van der Waals surface area contributed by atoms with Gasteiger partial charge in [-0.15, -0.1) is 0 Å². The highest BCUT2D eigenvalue weighted by Gasteiger charge is 2.26. The molecule has 4 amide bonds. The van der Waals surface area contributed by atoms with Crippen LogP contribution in [0.4, 0.5) is 10.5 Å². The fraction of sp³-hybridized carbons (Fsp3) is 0.526. The number of rotatable bonds is 6. The molecule has 0 heterocycles. The van der Waals surface area contributed by atoms with Crippen molar-refractivity contribution in [2.75, 3.05) is 11.1 Å². The predicted octanol–water partition coefficient (Wildman–Crippen LogP) is 1.56. The van der Waals surface area contributed by atoms with Crippen molar-refractivity contribution in [3.05, 3.63) is 28.3 Å². The van der Waals surface area contributed by atoms with Gasteiger partial charge < -0.3 is 5.32 Å². The highest BCUT2D eigenvalue weighted by Crippen LogP contribution is 2.38. The fourth-order valence-corrected chi connectivity index (χ4v) is 4.94. The number of imide groups is 1. The molecule has 8 nitrogen and oxygen atoms in total. The first-order valence-corrected chi connectivity index (χ1v) is 11.2. The Balaban J connectivity index is 1.60. The number of amides is 4. The number of benzene rings is 1. The number of fused-ring (bicyclic) bond motifs is 2. The van der Waals surface area contributed by atoms with Crippen LogP contribution in [0.15, 0.2) is 6.07 Å². The highest BCUT2D eigenvalue weighted by molar-refractivity contribution is 7.90. The Morgan fingerprint density at radius 2 is 1.61 bits per heavy atom. The standard InChI is InChI=1S/C19H25N3O5S/c1-12(23)20-17(24)9-4-10-28(26,27)22-19(25)21-18-15-7-2-5-13(15)11-14-6-3-8-16(14)18/h11H,2-10H2,1H3,(H,20,23,24)(H2,21,22,25). The summed E-state index contributed by atoms with van der Waals surface area (Å²) in [5.41, 5.74) is 5.50. The molecule has 3 N–H and O–H groups in total. The largest absolute Gasteiger partial charge is 0.332 e. The van der Waals surface area contributed by atoms with Crippen molar-refractivity contribution in [2.24, 2.45) is 0 Å². The fourth-order valence-electron chi connectivity index (χ4n) is 3.98. The smallest absolute Gasteiger partial charge is 0.307 e. The molecule has 152 valence electrons. The van der Waals surface area contributed by atoms with Gasteiger partial charge in [0.25, 0.3) is 0 Å². The van der Waals surface area contributed by atoms with Crippen molar-refractivity contribution in [3.63, 3.8) is 0 Å². The number of anilines is 1. The summed E-state index contributed by atoms with van der Waals surface area (Å²) < 4.78 is 26.3. The molecule has 2 aliphatic carbocycles. The third-order valence-electron chi connectivity index (χ3n) is 5.09. The Morgan fingerprint density at radius 3 is 2.18 bits per heavy atom. The van der Waals surface area contributed by atoms with E-state index in [0.29, 0.717) is 0 Å². The average Bonchev–Trinajstić information content (AvgIpc) is 3.21. The maximum Gasteiger partial charge on any atom is 0.332 e. The van der Waals surface area contributed by atoms with Gasteiger partial charge in [0.1, 0.15) is 0 Å². The molecule has 0 fully saturated rings. The van der Waals surface area contributed by atoms with E-state index in [1.54, 1.807) is 0 Å². The summed E-state index contributed by atoms with van der Waals surface area (Å²) in [5.74, 6) is -1.41. The van der Waals surface area contributed by atoms with E-state index in [0.717, 1.165) is 55.3 Å². The zero-order valence-corrected chi connectivity index (χ0v) is 16.7. The summed E-state index contributed by atoms with van der Waals surface area (Å²) in [5, 5.41) is 4.85. The minimum Gasteiger partial charge on any atom is -0.307 e. The molecule has 0 bridgehead atoms. The Hall–Kier alpha value is -2.42. The Morgan fingerprint density at radius 1 is 1.00 bits per heavy atom. The molecule has 3 rings (SSSR count). The quantitative estimate of drug-likeness (QED) is 0.661. The summed E-state index contributed by atoms with van der Waals surface area (Å²) >= 11 is 0. The van der Waals surface area contributed by atoms with Crippen LogP contribution in [0.2, 0.25) is 0 Å². The first-order chi connectivity index (χ1) is 13.2. The van der Waals surface area contributed by atoms with Crippen LogP contribution in [0.5, 0.6) is 0 Å². The summed E-state index contributed by atoms with van der Waals surface area (Å²) in [4.78, 5) is 34.5. The highest BCUT2D eigenvalue weighted by atomic mass is 32.2. The van der Waals surface area contributed by atoms with Crippen molar-refractivity contribution in [3.8, 4) is 0 Å². The molecular formula is C19H25N3O5S. The van der Waals surface area contributed by atoms with Gasteiger partial charge in [-0.25, -0.2) is 17.9 Å². The molecule has 28 heavy (non-hydrogen) atoms. The molecule has 2 aliphatic rings. The van der Waals surface area contributed by atoms with Crippen LogP contribution in [0.25, 0.3) is 0 Å². The van der Waals surface area contributed by atoms with E-state index in [1.165, 1.54) is 18.1 Å². The van der Waals surface area contributed by atoms with E-state index in [4.69, 9.17) is 0 Å². The monoisotopic (exact) mass is 407 g/mol. The molecular weight excluding hydrogens is 382 g/mol. The van der Waals surface area contributed by atoms with Gasteiger partial charge in [-0.2, -0.15) is 0 Å². The normalized spacial score (nSPS) is 14.9. The predicted molar refractivity (Wildman–Crippen MR) is 104 cm³/mol. The molecule has 9 heteroatoms. The number of aryl methyl sites for hydroxylation is 2. The molecule has 0 aliphatic heterocycles. The van der Waals surface area contributed by atoms with Gasteiger partial charge in [-0.1, -0.05) is 6.07 Å². The Labute approximate surface area is 164 Å². The average molecular weight is 407 g/mol. The van der Waals surface area contributed by atoms with E-state index >= 15 is 0 Å². The van der Waals surface area contributed by atoms with Crippen molar-refractivity contribution in [2.45, 2.75) is 58.3 Å². The molecule has 0 unspecified atom stereocenters. The summed E-state index contributed by atoms with van der Waals surface area (Å²) in [7, 11) is -3.88. The van der Waals surface area contributed by atoms with E-state index < -0.39 is 27.9 Å². The topological polar surface area (TPSA) is 121 Å². The van der Waals surface area contributed by atoms with E-state index in [1.807, 2.05) is 4.72 Å². The number of nitrogens with one attached hydrogen (secondary N) is 3. The molecule has 0 radical (unpaired) electrons. The van der Waals surface area contributed by atoms with E-state index in [2.05, 4.69) is 16.7 Å². The van der Waals surface area contributed by atoms with Crippen LogP contribution < -0.4 is 15.4 Å². The lowest BCUT2D eigenvalue weighted by Crippen LogP contribution is -2.37. The number of sulfonamides is 1. The van der Waals surface area contributed by atoms with Crippen molar-refractivity contribution < 1.29 is 22.8 Å². The van der Waals surface area contributed by atoms with Gasteiger partial charge in [-0.05, 0) is 67.2 Å². The summed E-state index contributed by atoms with van der Waals surface area (Å²) in [6.07, 6.45) is 5.72. The summed E-state index contributed by atoms with van der Waals surface area (Å²) in [6.45, 7) is 1.21. The second-order valence-electron chi connectivity index (χ2n) is 7.32. The molecule has 0 saturated carbocycles. The lowest BCUT2D eigenvalue weighted by atomic mass is 9.99.